The summed E-state index contributed by atoms with van der Waals surface area (Å²) in [4.78, 5) is 11.8. The zero-order valence-electron chi connectivity index (χ0n) is 9.61. The van der Waals surface area contributed by atoms with Gasteiger partial charge in [0.05, 0.1) is 18.5 Å². The highest BCUT2D eigenvalue weighted by Gasteiger charge is 2.12. The summed E-state index contributed by atoms with van der Waals surface area (Å²) in [6.45, 7) is 2.35. The van der Waals surface area contributed by atoms with E-state index in [0.717, 1.165) is 0 Å². The molecule has 0 aliphatic rings. The third-order valence-electron chi connectivity index (χ3n) is 2.14. The lowest BCUT2D eigenvalue weighted by Gasteiger charge is -2.10. The molecule has 18 heavy (non-hydrogen) atoms. The summed E-state index contributed by atoms with van der Waals surface area (Å²) in [5.74, 6) is 0.172. The second-order valence-electron chi connectivity index (χ2n) is 3.38. The van der Waals surface area contributed by atoms with Gasteiger partial charge in [-0.05, 0) is 25.1 Å². The second-order valence-corrected chi connectivity index (χ2v) is 3.82. The van der Waals surface area contributed by atoms with Gasteiger partial charge in [-0.15, -0.1) is 0 Å². The lowest BCUT2D eigenvalue weighted by atomic mass is 10.3. The molecule has 6 nitrogen and oxygen atoms in total. The van der Waals surface area contributed by atoms with E-state index < -0.39 is 0 Å². The molecule has 94 valence electrons. The number of hydrogen-bond acceptors (Lipinski definition) is 4. The first-order valence-electron chi connectivity index (χ1n) is 5.30. The maximum atomic E-state index is 11.8. The van der Waals surface area contributed by atoms with Crippen molar-refractivity contribution in [3.8, 4) is 5.75 Å². The fourth-order valence-corrected chi connectivity index (χ4v) is 1.55. The third kappa shape index (κ3) is 2.78. The van der Waals surface area contributed by atoms with Crippen LogP contribution in [0.5, 0.6) is 5.75 Å². The van der Waals surface area contributed by atoms with Crippen molar-refractivity contribution in [2.24, 2.45) is 0 Å². The van der Waals surface area contributed by atoms with Crippen LogP contribution >= 0.6 is 11.6 Å². The van der Waals surface area contributed by atoms with Crippen LogP contribution in [-0.4, -0.2) is 27.9 Å². The molecule has 1 aromatic carbocycles. The summed E-state index contributed by atoms with van der Waals surface area (Å²) in [5, 5.41) is 12.8. The smallest absolute Gasteiger partial charge is 0.277 e. The van der Waals surface area contributed by atoms with Gasteiger partial charge in [0.15, 0.2) is 5.69 Å². The van der Waals surface area contributed by atoms with Crippen molar-refractivity contribution in [3.05, 3.63) is 35.1 Å². The number of carbonyl (C=O) groups excluding carboxylic acids is 1. The Balaban J connectivity index is 2.22. The Morgan fingerprint density at radius 3 is 3.06 bits per heavy atom. The van der Waals surface area contributed by atoms with Gasteiger partial charge < -0.3 is 10.1 Å². The highest BCUT2D eigenvalue weighted by Crippen LogP contribution is 2.28. The van der Waals surface area contributed by atoms with E-state index >= 15 is 0 Å². The number of carbonyl (C=O) groups is 1. The summed E-state index contributed by atoms with van der Waals surface area (Å²) in [6.07, 6.45) is 1.33. The third-order valence-corrected chi connectivity index (χ3v) is 2.37. The summed E-state index contributed by atoms with van der Waals surface area (Å²) >= 11 is 5.88. The molecule has 0 radical (unpaired) electrons. The molecule has 0 fully saturated rings. The molecule has 0 spiro atoms. The van der Waals surface area contributed by atoms with Crippen LogP contribution in [0.4, 0.5) is 5.69 Å². The van der Waals surface area contributed by atoms with Crippen molar-refractivity contribution >= 4 is 23.2 Å². The molecule has 2 N–H and O–H groups in total. The average Bonchev–Trinajstić information content (AvgIpc) is 2.86. The molecule has 1 heterocycles. The molecule has 1 amide bonds. The number of aromatic nitrogens is 3. The summed E-state index contributed by atoms with van der Waals surface area (Å²) in [6, 6.07) is 5.01. The van der Waals surface area contributed by atoms with E-state index in [-0.39, 0.29) is 11.6 Å². The van der Waals surface area contributed by atoms with E-state index in [9.17, 15) is 4.79 Å². The number of benzene rings is 1. The van der Waals surface area contributed by atoms with Gasteiger partial charge in [0.25, 0.3) is 5.91 Å². The van der Waals surface area contributed by atoms with Gasteiger partial charge in [-0.1, -0.05) is 11.6 Å². The summed E-state index contributed by atoms with van der Waals surface area (Å²) < 4.78 is 5.39. The predicted molar refractivity (Wildman–Crippen MR) is 67.0 cm³/mol. The van der Waals surface area contributed by atoms with E-state index in [1.54, 1.807) is 18.2 Å². The molecule has 0 saturated carbocycles. The van der Waals surface area contributed by atoms with E-state index in [1.165, 1.54) is 6.20 Å². The highest BCUT2D eigenvalue weighted by atomic mass is 35.5. The van der Waals surface area contributed by atoms with Crippen molar-refractivity contribution in [2.75, 3.05) is 11.9 Å². The number of anilines is 1. The molecular formula is C11H11ClN4O2. The number of nitrogens with zero attached hydrogens (tertiary/aromatic N) is 2. The van der Waals surface area contributed by atoms with Gasteiger partial charge in [0.2, 0.25) is 0 Å². The van der Waals surface area contributed by atoms with Crippen molar-refractivity contribution < 1.29 is 9.53 Å². The van der Waals surface area contributed by atoms with E-state index in [0.29, 0.717) is 23.1 Å². The van der Waals surface area contributed by atoms with Crippen LogP contribution < -0.4 is 10.1 Å². The predicted octanol–water partition coefficient (Wildman–Crippen LogP) is 2.11. The SMILES string of the molecule is CCOc1ccc(Cl)cc1NC(=O)c1cn[nH]n1. The molecule has 1 aromatic heterocycles. The number of halogens is 1. The molecule has 7 heteroatoms. The molecule has 0 saturated heterocycles. The molecule has 0 bridgehead atoms. The van der Waals surface area contributed by atoms with Gasteiger partial charge in [0.1, 0.15) is 5.75 Å². The number of aromatic amines is 1. The Labute approximate surface area is 108 Å². The fourth-order valence-electron chi connectivity index (χ4n) is 1.38. The lowest BCUT2D eigenvalue weighted by Crippen LogP contribution is -2.13. The van der Waals surface area contributed by atoms with E-state index in [2.05, 4.69) is 20.7 Å². The highest BCUT2D eigenvalue weighted by molar-refractivity contribution is 6.31. The molecule has 0 aliphatic heterocycles. The monoisotopic (exact) mass is 266 g/mol. The normalized spacial score (nSPS) is 10.1. The van der Waals surface area contributed by atoms with Crippen molar-refractivity contribution in [1.82, 2.24) is 15.4 Å². The summed E-state index contributed by atoms with van der Waals surface area (Å²) in [7, 11) is 0. The van der Waals surface area contributed by atoms with Crippen LogP contribution in [0.3, 0.4) is 0 Å². The Morgan fingerprint density at radius 1 is 1.56 bits per heavy atom. The molecule has 2 rings (SSSR count). The minimum Gasteiger partial charge on any atom is -0.492 e. The quantitative estimate of drug-likeness (QED) is 0.888. The second kappa shape index (κ2) is 5.50. The number of H-pyrrole nitrogens is 1. The topological polar surface area (TPSA) is 79.9 Å². The molecule has 0 atom stereocenters. The molecular weight excluding hydrogens is 256 g/mol. The van der Waals surface area contributed by atoms with Crippen molar-refractivity contribution in [1.29, 1.82) is 0 Å². The first-order valence-corrected chi connectivity index (χ1v) is 5.68. The Kier molecular flexibility index (Phi) is 3.78. The minimum atomic E-state index is -0.382. The maximum absolute atomic E-state index is 11.8. The van der Waals surface area contributed by atoms with E-state index in [1.807, 2.05) is 6.92 Å². The Hall–Kier alpha value is -2.08. The average molecular weight is 267 g/mol. The number of ether oxygens (including phenoxy) is 1. The van der Waals surface area contributed by atoms with Gasteiger partial charge in [-0.3, -0.25) is 4.79 Å². The zero-order valence-corrected chi connectivity index (χ0v) is 10.4. The van der Waals surface area contributed by atoms with Crippen LogP contribution in [0.15, 0.2) is 24.4 Å². The lowest BCUT2D eigenvalue weighted by molar-refractivity contribution is 0.102. The van der Waals surface area contributed by atoms with E-state index in [4.69, 9.17) is 16.3 Å². The fraction of sp³-hybridized carbons (Fsp3) is 0.182. The van der Waals surface area contributed by atoms with Crippen molar-refractivity contribution in [2.45, 2.75) is 6.92 Å². The van der Waals surface area contributed by atoms with Crippen LogP contribution in [0, 0.1) is 0 Å². The minimum absolute atomic E-state index is 0.192. The van der Waals surface area contributed by atoms with Crippen LogP contribution in [0.1, 0.15) is 17.4 Å². The molecule has 0 unspecified atom stereocenters. The number of hydrogen-bond donors (Lipinski definition) is 2. The molecule has 2 aromatic rings. The zero-order chi connectivity index (χ0) is 13.0. The largest absolute Gasteiger partial charge is 0.492 e. The number of nitrogens with one attached hydrogen (secondary N) is 2. The standard InChI is InChI=1S/C11H11ClN4O2/c1-2-18-10-4-3-7(12)5-8(10)14-11(17)9-6-13-16-15-9/h3-6H,2H2,1H3,(H,14,17)(H,13,15,16). The van der Waals surface area contributed by atoms with Crippen LogP contribution in [0.25, 0.3) is 0 Å². The number of rotatable bonds is 4. The Morgan fingerprint density at radius 2 is 2.39 bits per heavy atom. The molecule has 0 aliphatic carbocycles. The van der Waals surface area contributed by atoms with Crippen LogP contribution in [-0.2, 0) is 0 Å². The van der Waals surface area contributed by atoms with Crippen molar-refractivity contribution in [3.63, 3.8) is 0 Å². The van der Waals surface area contributed by atoms with Gasteiger partial charge in [0, 0.05) is 5.02 Å². The first-order chi connectivity index (χ1) is 8.70. The van der Waals surface area contributed by atoms with Crippen LogP contribution in [0.2, 0.25) is 5.02 Å². The number of amides is 1. The van der Waals surface area contributed by atoms with Gasteiger partial charge in [-0.25, -0.2) is 0 Å². The first kappa shape index (κ1) is 12.4. The Bertz CT molecular complexity index is 542. The van der Waals surface area contributed by atoms with Gasteiger partial charge >= 0.3 is 0 Å². The maximum Gasteiger partial charge on any atom is 0.277 e. The van der Waals surface area contributed by atoms with Gasteiger partial charge in [-0.2, -0.15) is 15.4 Å². The summed E-state index contributed by atoms with van der Waals surface area (Å²) in [5.41, 5.74) is 0.690.